The van der Waals surface area contributed by atoms with Crippen molar-refractivity contribution in [2.24, 2.45) is 0 Å². The summed E-state index contributed by atoms with van der Waals surface area (Å²) in [5, 5.41) is 9.85. The second kappa shape index (κ2) is 5.58. The Morgan fingerprint density at radius 2 is 1.94 bits per heavy atom. The van der Waals surface area contributed by atoms with Gasteiger partial charge in [-0.15, -0.1) is 0 Å². The number of carbonyl (C=O) groups is 1. The monoisotopic (exact) mass is 250 g/mol. The van der Waals surface area contributed by atoms with E-state index in [2.05, 4.69) is 0 Å². The molecule has 0 saturated carbocycles. The number of phenolic OH excluding ortho intramolecular Hbond substituents is 1. The van der Waals surface area contributed by atoms with Gasteiger partial charge in [-0.2, -0.15) is 0 Å². The first-order valence-electron chi connectivity index (χ1n) is 5.60. The van der Waals surface area contributed by atoms with Gasteiger partial charge in [-0.25, -0.2) is 4.79 Å². The quantitative estimate of drug-likeness (QED) is 0.661. The molecule has 0 bridgehead atoms. The van der Waals surface area contributed by atoms with Crippen molar-refractivity contribution in [2.45, 2.75) is 27.7 Å². The third-order valence-electron chi connectivity index (χ3n) is 2.51. The number of rotatable bonds is 3. The summed E-state index contributed by atoms with van der Waals surface area (Å²) in [5.41, 5.74) is 2.32. The van der Waals surface area contributed by atoms with Crippen molar-refractivity contribution in [2.75, 3.05) is 7.11 Å². The highest BCUT2D eigenvalue weighted by atomic mass is 16.5. The summed E-state index contributed by atoms with van der Waals surface area (Å²) in [6.07, 6.45) is 1.55. The summed E-state index contributed by atoms with van der Waals surface area (Å²) in [5.74, 6) is -0.0595. The molecule has 0 aliphatic carbocycles. The number of carbonyl (C=O) groups excluding carboxylic acids is 1. The molecule has 18 heavy (non-hydrogen) atoms. The van der Waals surface area contributed by atoms with Crippen LogP contribution in [0.4, 0.5) is 0 Å². The lowest BCUT2D eigenvalue weighted by atomic mass is 10.0. The Labute approximate surface area is 107 Å². The van der Waals surface area contributed by atoms with Crippen LogP contribution >= 0.6 is 0 Å². The maximum absolute atomic E-state index is 11.7. The van der Waals surface area contributed by atoms with Crippen molar-refractivity contribution in [3.63, 3.8) is 0 Å². The molecule has 0 atom stereocenters. The van der Waals surface area contributed by atoms with E-state index in [1.54, 1.807) is 26.2 Å². The lowest BCUT2D eigenvalue weighted by Gasteiger charge is -2.13. The van der Waals surface area contributed by atoms with Gasteiger partial charge in [-0.3, -0.25) is 0 Å². The van der Waals surface area contributed by atoms with Gasteiger partial charge < -0.3 is 14.6 Å². The summed E-state index contributed by atoms with van der Waals surface area (Å²) in [7, 11) is 1.30. The lowest BCUT2D eigenvalue weighted by molar-refractivity contribution is 0.0596. The summed E-state index contributed by atoms with van der Waals surface area (Å²) in [4.78, 5) is 11.7. The van der Waals surface area contributed by atoms with Crippen LogP contribution in [0, 0.1) is 13.8 Å². The lowest BCUT2D eigenvalue weighted by Crippen LogP contribution is -2.07. The highest BCUT2D eigenvalue weighted by Gasteiger charge is 2.20. The van der Waals surface area contributed by atoms with E-state index in [-0.39, 0.29) is 11.3 Å². The first-order chi connectivity index (χ1) is 8.38. The zero-order chi connectivity index (χ0) is 13.9. The molecule has 98 valence electrons. The van der Waals surface area contributed by atoms with Crippen molar-refractivity contribution >= 4 is 5.97 Å². The number of benzene rings is 1. The smallest absolute Gasteiger partial charge is 0.342 e. The van der Waals surface area contributed by atoms with E-state index < -0.39 is 5.97 Å². The molecule has 1 aromatic rings. The van der Waals surface area contributed by atoms with Crippen LogP contribution in [0.3, 0.4) is 0 Å². The summed E-state index contributed by atoms with van der Waals surface area (Å²) in [6.45, 7) is 7.18. The number of allylic oxidation sites excluding steroid dienone is 1. The molecule has 0 aliphatic rings. The molecule has 0 radical (unpaired) electrons. The van der Waals surface area contributed by atoms with E-state index in [1.807, 2.05) is 13.8 Å². The predicted molar refractivity (Wildman–Crippen MR) is 69.0 cm³/mol. The highest BCUT2D eigenvalue weighted by Crippen LogP contribution is 2.33. The van der Waals surface area contributed by atoms with E-state index in [0.717, 1.165) is 5.57 Å². The van der Waals surface area contributed by atoms with Crippen LogP contribution in [0.25, 0.3) is 0 Å². The molecule has 0 fully saturated rings. The second-order valence-electron chi connectivity index (χ2n) is 4.34. The van der Waals surface area contributed by atoms with E-state index in [4.69, 9.17) is 9.47 Å². The largest absolute Gasteiger partial charge is 0.507 e. The average molecular weight is 250 g/mol. The van der Waals surface area contributed by atoms with Gasteiger partial charge in [0.25, 0.3) is 0 Å². The molecule has 1 N–H and O–H groups in total. The molecular weight excluding hydrogens is 232 g/mol. The summed E-state index contributed by atoms with van der Waals surface area (Å²) >= 11 is 0. The van der Waals surface area contributed by atoms with Crippen LogP contribution < -0.4 is 4.74 Å². The fraction of sp³-hybridized carbons (Fsp3) is 0.357. The topological polar surface area (TPSA) is 55.8 Å². The van der Waals surface area contributed by atoms with Crippen molar-refractivity contribution in [1.29, 1.82) is 0 Å². The van der Waals surface area contributed by atoms with Crippen LogP contribution in [0.5, 0.6) is 11.5 Å². The molecule has 4 nitrogen and oxygen atoms in total. The third-order valence-corrected chi connectivity index (χ3v) is 2.51. The van der Waals surface area contributed by atoms with E-state index in [9.17, 15) is 9.90 Å². The number of hydrogen-bond donors (Lipinski definition) is 1. The van der Waals surface area contributed by atoms with Gasteiger partial charge in [0.1, 0.15) is 17.1 Å². The predicted octanol–water partition coefficient (Wildman–Crippen LogP) is 3.10. The van der Waals surface area contributed by atoms with E-state index in [1.165, 1.54) is 7.11 Å². The minimum atomic E-state index is -0.528. The molecule has 0 amide bonds. The third kappa shape index (κ3) is 2.83. The van der Waals surface area contributed by atoms with Crippen molar-refractivity contribution in [3.05, 3.63) is 34.6 Å². The standard InChI is InChI=1S/C14H18O4/c1-8(2)7-18-11-6-9(3)13(15)10(4)12(11)14(16)17-5/h6-7,15H,1-5H3. The molecule has 1 rings (SSSR count). The first-order valence-corrected chi connectivity index (χ1v) is 5.60. The Kier molecular flexibility index (Phi) is 4.37. The van der Waals surface area contributed by atoms with Gasteiger partial charge in [0.05, 0.1) is 13.4 Å². The Balaban J connectivity index is 3.39. The average Bonchev–Trinajstić information content (AvgIpc) is 2.32. The first kappa shape index (κ1) is 14.1. The fourth-order valence-corrected chi connectivity index (χ4v) is 1.57. The van der Waals surface area contributed by atoms with Crippen molar-refractivity contribution in [1.82, 2.24) is 0 Å². The normalized spacial score (nSPS) is 9.83. The summed E-state index contributed by atoms with van der Waals surface area (Å²) in [6, 6.07) is 1.62. The van der Waals surface area contributed by atoms with Crippen molar-refractivity contribution < 1.29 is 19.4 Å². The second-order valence-corrected chi connectivity index (χ2v) is 4.34. The molecule has 0 unspecified atom stereocenters. The molecule has 0 spiro atoms. The van der Waals surface area contributed by atoms with Gasteiger partial charge >= 0.3 is 5.97 Å². The highest BCUT2D eigenvalue weighted by molar-refractivity contribution is 5.95. The van der Waals surface area contributed by atoms with Crippen LogP contribution in [0.1, 0.15) is 35.3 Å². The van der Waals surface area contributed by atoms with Gasteiger partial charge in [-0.05, 0) is 44.9 Å². The van der Waals surface area contributed by atoms with Crippen molar-refractivity contribution in [3.8, 4) is 11.5 Å². The molecule has 0 aliphatic heterocycles. The molecular formula is C14H18O4. The van der Waals surface area contributed by atoms with Gasteiger partial charge in [0, 0.05) is 5.56 Å². The number of aryl methyl sites for hydroxylation is 1. The van der Waals surface area contributed by atoms with Crippen LogP contribution in [-0.4, -0.2) is 18.2 Å². The van der Waals surface area contributed by atoms with Gasteiger partial charge in [0.2, 0.25) is 0 Å². The minimum Gasteiger partial charge on any atom is -0.507 e. The zero-order valence-corrected chi connectivity index (χ0v) is 11.3. The number of hydrogen-bond acceptors (Lipinski definition) is 4. The van der Waals surface area contributed by atoms with E-state index in [0.29, 0.717) is 16.9 Å². The maximum Gasteiger partial charge on any atom is 0.342 e. The molecule has 1 aromatic carbocycles. The summed E-state index contributed by atoms with van der Waals surface area (Å²) < 4.78 is 10.2. The number of phenols is 1. The Morgan fingerprint density at radius 1 is 1.33 bits per heavy atom. The number of methoxy groups -OCH3 is 1. The number of ether oxygens (including phenoxy) is 2. The Hall–Kier alpha value is -1.97. The molecule has 0 aromatic heterocycles. The minimum absolute atomic E-state index is 0.0833. The molecule has 4 heteroatoms. The van der Waals surface area contributed by atoms with Gasteiger partial charge in [0.15, 0.2) is 0 Å². The van der Waals surface area contributed by atoms with Crippen LogP contribution in [0.15, 0.2) is 17.9 Å². The Morgan fingerprint density at radius 3 is 2.44 bits per heavy atom. The van der Waals surface area contributed by atoms with E-state index >= 15 is 0 Å². The molecule has 0 heterocycles. The number of aromatic hydroxyl groups is 1. The zero-order valence-electron chi connectivity index (χ0n) is 11.3. The number of esters is 1. The van der Waals surface area contributed by atoms with Crippen LogP contribution in [0.2, 0.25) is 0 Å². The van der Waals surface area contributed by atoms with Crippen LogP contribution in [-0.2, 0) is 4.74 Å². The SMILES string of the molecule is COC(=O)c1c(OC=C(C)C)cc(C)c(O)c1C. The fourth-order valence-electron chi connectivity index (χ4n) is 1.57. The maximum atomic E-state index is 11.7. The molecule has 0 saturated heterocycles. The van der Waals surface area contributed by atoms with Gasteiger partial charge in [-0.1, -0.05) is 0 Å². The Bertz CT molecular complexity index is 497.